The van der Waals surface area contributed by atoms with Crippen LogP contribution in [0.25, 0.3) is 0 Å². The van der Waals surface area contributed by atoms with Gasteiger partial charge in [0.05, 0.1) is 18.4 Å². The molecule has 0 aliphatic heterocycles. The zero-order valence-electron chi connectivity index (χ0n) is 18.9. The van der Waals surface area contributed by atoms with E-state index in [4.69, 9.17) is 9.47 Å². The number of carbonyl (C=O) groups excluding carboxylic acids is 2. The number of anilines is 1. The van der Waals surface area contributed by atoms with Gasteiger partial charge in [-0.1, -0.05) is 6.92 Å². The number of nitrogens with zero attached hydrogens (tertiary/aromatic N) is 2. The SMILES string of the molecule is CCCNC(=O)OC1CCC(c2cc(NC(=O)Cc3cc(OC)ncc3S(C)(=O)=O)n[nH]2)C1. The zero-order valence-corrected chi connectivity index (χ0v) is 19.7. The maximum atomic E-state index is 12.6. The second-order valence-electron chi connectivity index (χ2n) is 8.00. The van der Waals surface area contributed by atoms with Crippen molar-refractivity contribution in [2.45, 2.75) is 55.9 Å². The van der Waals surface area contributed by atoms with Gasteiger partial charge in [0, 0.05) is 42.7 Å². The summed E-state index contributed by atoms with van der Waals surface area (Å²) >= 11 is 0. The number of aromatic nitrogens is 3. The van der Waals surface area contributed by atoms with Crippen molar-refractivity contribution >= 4 is 27.7 Å². The van der Waals surface area contributed by atoms with E-state index in [1.807, 2.05) is 6.92 Å². The molecule has 0 bridgehead atoms. The summed E-state index contributed by atoms with van der Waals surface area (Å²) in [5.41, 5.74) is 1.13. The minimum Gasteiger partial charge on any atom is -0.481 e. The number of H-pyrrole nitrogens is 1. The number of nitrogens with one attached hydrogen (secondary N) is 3. The van der Waals surface area contributed by atoms with Gasteiger partial charge in [0.1, 0.15) is 6.10 Å². The number of alkyl carbamates (subject to hydrolysis) is 1. The molecule has 2 unspecified atom stereocenters. The summed E-state index contributed by atoms with van der Waals surface area (Å²) in [7, 11) is -2.15. The molecule has 2 amide bonds. The Bertz CT molecular complexity index is 1100. The predicted octanol–water partition coefficient (Wildman–Crippen LogP) is 2.17. The molecule has 11 nitrogen and oxygen atoms in total. The van der Waals surface area contributed by atoms with E-state index in [1.54, 1.807) is 6.07 Å². The quantitative estimate of drug-likeness (QED) is 0.495. The minimum atomic E-state index is -3.56. The van der Waals surface area contributed by atoms with E-state index in [2.05, 4.69) is 25.8 Å². The molecule has 0 radical (unpaired) electrons. The molecule has 0 saturated heterocycles. The van der Waals surface area contributed by atoms with Gasteiger partial charge >= 0.3 is 6.09 Å². The van der Waals surface area contributed by atoms with Crippen molar-refractivity contribution in [3.8, 4) is 5.88 Å². The van der Waals surface area contributed by atoms with Crippen molar-refractivity contribution in [2.75, 3.05) is 25.2 Å². The summed E-state index contributed by atoms with van der Waals surface area (Å²) < 4.78 is 34.5. The lowest BCUT2D eigenvalue weighted by Crippen LogP contribution is -2.28. The van der Waals surface area contributed by atoms with Crippen LogP contribution in [0, 0.1) is 0 Å². The topological polar surface area (TPSA) is 152 Å². The van der Waals surface area contributed by atoms with Crippen molar-refractivity contribution < 1.29 is 27.5 Å². The Labute approximate surface area is 192 Å². The number of hydrogen-bond acceptors (Lipinski definition) is 8. The van der Waals surface area contributed by atoms with Crippen LogP contribution < -0.4 is 15.4 Å². The largest absolute Gasteiger partial charge is 0.481 e. The first-order valence-corrected chi connectivity index (χ1v) is 12.6. The smallest absolute Gasteiger partial charge is 0.407 e. The highest BCUT2D eigenvalue weighted by Gasteiger charge is 2.30. The normalized spacial score (nSPS) is 18.0. The number of ether oxygens (including phenoxy) is 2. The molecule has 2 atom stereocenters. The van der Waals surface area contributed by atoms with Gasteiger partial charge in [-0.15, -0.1) is 0 Å². The number of sulfone groups is 1. The Balaban J connectivity index is 1.59. The van der Waals surface area contributed by atoms with Crippen LogP contribution in [-0.4, -0.2) is 61.6 Å². The number of methoxy groups -OCH3 is 1. The van der Waals surface area contributed by atoms with E-state index in [-0.39, 0.29) is 34.8 Å². The lowest BCUT2D eigenvalue weighted by atomic mass is 10.0. The van der Waals surface area contributed by atoms with Gasteiger partial charge in [-0.3, -0.25) is 9.89 Å². The Morgan fingerprint density at radius 2 is 2.06 bits per heavy atom. The van der Waals surface area contributed by atoms with Crippen molar-refractivity contribution in [2.24, 2.45) is 0 Å². The highest BCUT2D eigenvalue weighted by atomic mass is 32.2. The van der Waals surface area contributed by atoms with Gasteiger partial charge in [0.25, 0.3) is 0 Å². The maximum absolute atomic E-state index is 12.6. The fourth-order valence-corrected chi connectivity index (χ4v) is 4.62. The molecule has 12 heteroatoms. The summed E-state index contributed by atoms with van der Waals surface area (Å²) in [6, 6.07) is 3.17. The first kappa shape index (κ1) is 24.5. The van der Waals surface area contributed by atoms with Gasteiger partial charge in [-0.25, -0.2) is 18.2 Å². The molecule has 2 aromatic rings. The number of hydrogen-bond donors (Lipinski definition) is 3. The maximum Gasteiger partial charge on any atom is 0.407 e. The highest BCUT2D eigenvalue weighted by molar-refractivity contribution is 7.90. The molecule has 2 heterocycles. The number of rotatable bonds is 9. The van der Waals surface area contributed by atoms with Crippen LogP contribution >= 0.6 is 0 Å². The van der Waals surface area contributed by atoms with E-state index < -0.39 is 21.8 Å². The third-order valence-electron chi connectivity index (χ3n) is 5.37. The second kappa shape index (κ2) is 10.6. The summed E-state index contributed by atoms with van der Waals surface area (Å²) in [6.45, 7) is 2.55. The standard InChI is InChI=1S/C21H29N5O6S/c1-4-7-22-21(28)32-15-6-5-13(8-15)16-11-18(26-25-16)24-19(27)9-14-10-20(31-2)23-12-17(14)33(3,29)30/h10-13,15H,4-9H2,1-3H3,(H,22,28)(H2,24,25,26,27). The molecular weight excluding hydrogens is 450 g/mol. The monoisotopic (exact) mass is 479 g/mol. The molecule has 1 saturated carbocycles. The average Bonchev–Trinajstić information content (AvgIpc) is 3.40. The van der Waals surface area contributed by atoms with Gasteiger partial charge < -0.3 is 20.1 Å². The first-order chi connectivity index (χ1) is 15.7. The lowest BCUT2D eigenvalue weighted by Gasteiger charge is -2.12. The highest BCUT2D eigenvalue weighted by Crippen LogP contribution is 2.35. The van der Waals surface area contributed by atoms with E-state index in [1.165, 1.54) is 19.4 Å². The summed E-state index contributed by atoms with van der Waals surface area (Å²) in [6.07, 6.45) is 4.59. The average molecular weight is 480 g/mol. The number of aromatic amines is 1. The van der Waals surface area contributed by atoms with Crippen molar-refractivity contribution in [1.29, 1.82) is 0 Å². The molecule has 33 heavy (non-hydrogen) atoms. The van der Waals surface area contributed by atoms with E-state index in [9.17, 15) is 18.0 Å². The van der Waals surface area contributed by atoms with Crippen LogP contribution in [0.3, 0.4) is 0 Å². The van der Waals surface area contributed by atoms with Crippen molar-refractivity contribution in [3.05, 3.63) is 29.6 Å². The minimum absolute atomic E-state index is 0.0267. The first-order valence-electron chi connectivity index (χ1n) is 10.7. The van der Waals surface area contributed by atoms with Crippen molar-refractivity contribution in [1.82, 2.24) is 20.5 Å². The Morgan fingerprint density at radius 1 is 1.27 bits per heavy atom. The molecule has 3 rings (SSSR count). The Kier molecular flexibility index (Phi) is 7.90. The predicted molar refractivity (Wildman–Crippen MR) is 120 cm³/mol. The van der Waals surface area contributed by atoms with E-state index in [0.29, 0.717) is 18.8 Å². The molecule has 2 aromatic heterocycles. The lowest BCUT2D eigenvalue weighted by molar-refractivity contribution is -0.115. The fraction of sp³-hybridized carbons (Fsp3) is 0.524. The van der Waals surface area contributed by atoms with Crippen LogP contribution in [0.5, 0.6) is 5.88 Å². The molecule has 180 valence electrons. The molecule has 0 aromatic carbocycles. The van der Waals surface area contributed by atoms with Crippen molar-refractivity contribution in [3.63, 3.8) is 0 Å². The van der Waals surface area contributed by atoms with Gasteiger partial charge in [0.2, 0.25) is 11.8 Å². The number of amides is 2. The molecule has 3 N–H and O–H groups in total. The summed E-state index contributed by atoms with van der Waals surface area (Å²) in [5, 5.41) is 12.5. The summed E-state index contributed by atoms with van der Waals surface area (Å²) in [4.78, 5) is 28.2. The summed E-state index contributed by atoms with van der Waals surface area (Å²) in [5.74, 6) is 0.260. The van der Waals surface area contributed by atoms with Gasteiger partial charge in [-0.2, -0.15) is 5.10 Å². The van der Waals surface area contributed by atoms with E-state index >= 15 is 0 Å². The van der Waals surface area contributed by atoms with Gasteiger partial charge in [0.15, 0.2) is 15.7 Å². The number of pyridine rings is 1. The van der Waals surface area contributed by atoms with Crippen LogP contribution in [0.15, 0.2) is 23.2 Å². The Morgan fingerprint density at radius 3 is 2.76 bits per heavy atom. The van der Waals surface area contributed by atoms with Crippen LogP contribution in [0.2, 0.25) is 0 Å². The molecular formula is C21H29N5O6S. The Hall–Kier alpha value is -3.15. The van der Waals surface area contributed by atoms with Crippen LogP contribution in [0.1, 0.15) is 49.8 Å². The molecule has 1 aliphatic carbocycles. The van der Waals surface area contributed by atoms with E-state index in [0.717, 1.165) is 31.2 Å². The zero-order chi connectivity index (χ0) is 24.0. The molecule has 1 aliphatic rings. The van der Waals surface area contributed by atoms with Crippen LogP contribution in [-0.2, 0) is 25.8 Å². The third kappa shape index (κ3) is 6.67. The third-order valence-corrected chi connectivity index (χ3v) is 6.53. The van der Waals surface area contributed by atoms with Crippen LogP contribution in [0.4, 0.5) is 10.6 Å². The molecule has 0 spiro atoms. The van der Waals surface area contributed by atoms with Gasteiger partial charge in [-0.05, 0) is 31.2 Å². The number of carbonyl (C=O) groups is 2. The molecule has 1 fully saturated rings. The second-order valence-corrected chi connectivity index (χ2v) is 9.99. The fourth-order valence-electron chi connectivity index (χ4n) is 3.77.